The second-order valence-electron chi connectivity index (χ2n) is 7.06. The number of aromatic nitrogens is 1. The molecule has 3 rings (SSSR count). The molecule has 0 aliphatic heterocycles. The highest BCUT2D eigenvalue weighted by Crippen LogP contribution is 2.23. The Morgan fingerprint density at radius 2 is 1.77 bits per heavy atom. The summed E-state index contributed by atoms with van der Waals surface area (Å²) in [5.41, 5.74) is 4.34. The fourth-order valence-corrected chi connectivity index (χ4v) is 2.98. The number of carbonyl (C=O) groups excluding carboxylic acids is 1. The van der Waals surface area contributed by atoms with Crippen molar-refractivity contribution in [3.8, 4) is 0 Å². The molecule has 0 fully saturated rings. The fourth-order valence-electron chi connectivity index (χ4n) is 2.98. The molecule has 0 spiro atoms. The second kappa shape index (κ2) is 7.16. The summed E-state index contributed by atoms with van der Waals surface area (Å²) in [6.07, 6.45) is 0. The molecular weight excluding hydrogens is 324 g/mol. The van der Waals surface area contributed by atoms with Crippen molar-refractivity contribution in [1.82, 2.24) is 4.98 Å². The van der Waals surface area contributed by atoms with Crippen molar-refractivity contribution in [3.63, 3.8) is 0 Å². The second-order valence-corrected chi connectivity index (χ2v) is 7.06. The number of pyridine rings is 1. The van der Waals surface area contributed by atoms with Crippen molar-refractivity contribution >= 4 is 22.5 Å². The van der Waals surface area contributed by atoms with E-state index >= 15 is 0 Å². The number of anilines is 1. The van der Waals surface area contributed by atoms with Crippen molar-refractivity contribution in [3.05, 3.63) is 75.6 Å². The normalized spacial score (nSPS) is 11.1. The average molecular weight is 348 g/mol. The molecule has 0 saturated carbocycles. The lowest BCUT2D eigenvalue weighted by molar-refractivity contribution is -0.121. The quantitative estimate of drug-likeness (QED) is 0.763. The molecule has 0 aliphatic rings. The molecule has 0 saturated heterocycles. The molecule has 4 heteroatoms. The fraction of sp³-hybridized carbons (Fsp3) is 0.273. The molecule has 0 bridgehead atoms. The Kier molecular flexibility index (Phi) is 4.94. The number of carbonyl (C=O) groups is 1. The van der Waals surface area contributed by atoms with Crippen LogP contribution < -0.4 is 10.5 Å². The number of hydrogen-bond acceptors (Lipinski definition) is 2. The number of benzene rings is 2. The van der Waals surface area contributed by atoms with E-state index < -0.39 is 0 Å². The number of H-pyrrole nitrogens is 1. The lowest BCUT2D eigenvalue weighted by Crippen LogP contribution is -2.35. The first-order valence-electron chi connectivity index (χ1n) is 8.86. The highest BCUT2D eigenvalue weighted by atomic mass is 16.2. The van der Waals surface area contributed by atoms with E-state index in [-0.39, 0.29) is 23.9 Å². The van der Waals surface area contributed by atoms with Crippen molar-refractivity contribution < 1.29 is 4.79 Å². The lowest BCUT2D eigenvalue weighted by Gasteiger charge is -2.25. The zero-order chi connectivity index (χ0) is 18.8. The van der Waals surface area contributed by atoms with E-state index in [1.165, 1.54) is 5.56 Å². The van der Waals surface area contributed by atoms with Gasteiger partial charge in [0, 0.05) is 22.7 Å². The third-order valence-electron chi connectivity index (χ3n) is 4.72. The summed E-state index contributed by atoms with van der Waals surface area (Å²) in [5.74, 6) is -0.156. The minimum absolute atomic E-state index is 0.000752. The van der Waals surface area contributed by atoms with Crippen LogP contribution in [0.15, 0.2) is 53.3 Å². The van der Waals surface area contributed by atoms with Gasteiger partial charge in [0.15, 0.2) is 0 Å². The minimum atomic E-state index is -0.158. The molecule has 0 radical (unpaired) electrons. The van der Waals surface area contributed by atoms with Crippen molar-refractivity contribution in [2.45, 2.75) is 34.2 Å². The first-order valence-corrected chi connectivity index (χ1v) is 8.86. The van der Waals surface area contributed by atoms with Gasteiger partial charge in [0.2, 0.25) is 5.91 Å². The van der Waals surface area contributed by atoms with Crippen LogP contribution in [-0.4, -0.2) is 10.9 Å². The van der Waals surface area contributed by atoms with Gasteiger partial charge in [-0.05, 0) is 54.6 Å². The SMILES string of the molecule is Cc1ccc(N(Cc2cc3ccccc3[nH]c2=O)C(=O)C(C)C)cc1C. The molecule has 0 aliphatic carbocycles. The lowest BCUT2D eigenvalue weighted by atomic mass is 10.1. The first kappa shape index (κ1) is 17.9. The molecule has 0 atom stereocenters. The summed E-state index contributed by atoms with van der Waals surface area (Å²) in [7, 11) is 0. The van der Waals surface area contributed by atoms with E-state index in [2.05, 4.69) is 4.98 Å². The van der Waals surface area contributed by atoms with E-state index in [1.807, 2.05) is 76.2 Å². The van der Waals surface area contributed by atoms with Crippen molar-refractivity contribution in [1.29, 1.82) is 0 Å². The number of amides is 1. The Morgan fingerprint density at radius 3 is 2.46 bits per heavy atom. The highest BCUT2D eigenvalue weighted by Gasteiger charge is 2.21. The van der Waals surface area contributed by atoms with Crippen LogP contribution in [0.25, 0.3) is 10.9 Å². The van der Waals surface area contributed by atoms with Gasteiger partial charge in [0.1, 0.15) is 0 Å². The van der Waals surface area contributed by atoms with Gasteiger partial charge in [0.05, 0.1) is 6.54 Å². The zero-order valence-corrected chi connectivity index (χ0v) is 15.7. The standard InChI is InChI=1S/C22H24N2O2/c1-14(2)22(26)24(19-10-9-15(3)16(4)11-19)13-18-12-17-7-5-6-8-20(17)23-21(18)25/h5-12,14H,13H2,1-4H3,(H,23,25). The van der Waals surface area contributed by atoms with E-state index in [1.54, 1.807) is 4.90 Å². The number of rotatable bonds is 4. The van der Waals surface area contributed by atoms with Gasteiger partial charge < -0.3 is 9.88 Å². The largest absolute Gasteiger partial charge is 0.322 e. The number of aromatic amines is 1. The van der Waals surface area contributed by atoms with Crippen LogP contribution in [0.2, 0.25) is 0 Å². The van der Waals surface area contributed by atoms with Gasteiger partial charge in [-0.25, -0.2) is 0 Å². The van der Waals surface area contributed by atoms with Crippen LogP contribution in [0.3, 0.4) is 0 Å². The number of nitrogens with one attached hydrogen (secondary N) is 1. The molecule has 1 heterocycles. The van der Waals surface area contributed by atoms with E-state index in [9.17, 15) is 9.59 Å². The van der Waals surface area contributed by atoms with Gasteiger partial charge >= 0.3 is 0 Å². The van der Waals surface area contributed by atoms with Crippen LogP contribution in [-0.2, 0) is 11.3 Å². The highest BCUT2D eigenvalue weighted by molar-refractivity contribution is 5.94. The van der Waals surface area contributed by atoms with Crippen molar-refractivity contribution in [2.24, 2.45) is 5.92 Å². The predicted octanol–water partition coefficient (Wildman–Crippen LogP) is 4.33. The number of hydrogen-bond donors (Lipinski definition) is 1. The summed E-state index contributed by atoms with van der Waals surface area (Å²) in [6.45, 7) is 8.07. The molecule has 134 valence electrons. The Bertz CT molecular complexity index is 1020. The summed E-state index contributed by atoms with van der Waals surface area (Å²) < 4.78 is 0. The van der Waals surface area contributed by atoms with Gasteiger partial charge in [-0.2, -0.15) is 0 Å². The summed E-state index contributed by atoms with van der Waals surface area (Å²) >= 11 is 0. The van der Waals surface area contributed by atoms with Crippen LogP contribution in [0.5, 0.6) is 0 Å². The van der Waals surface area contributed by atoms with Crippen molar-refractivity contribution in [2.75, 3.05) is 4.90 Å². The molecule has 1 amide bonds. The van der Waals surface area contributed by atoms with Gasteiger partial charge in [-0.15, -0.1) is 0 Å². The van der Waals surface area contributed by atoms with Gasteiger partial charge in [0.25, 0.3) is 5.56 Å². The smallest absolute Gasteiger partial charge is 0.253 e. The Labute approximate surface area is 153 Å². The molecule has 26 heavy (non-hydrogen) atoms. The third-order valence-corrected chi connectivity index (χ3v) is 4.72. The van der Waals surface area contributed by atoms with E-state index in [4.69, 9.17) is 0 Å². The maximum Gasteiger partial charge on any atom is 0.253 e. The minimum Gasteiger partial charge on any atom is -0.322 e. The molecule has 1 aromatic heterocycles. The maximum atomic E-state index is 12.8. The molecule has 0 unspecified atom stereocenters. The van der Waals surface area contributed by atoms with Crippen LogP contribution in [0, 0.1) is 19.8 Å². The number of para-hydroxylation sites is 1. The third kappa shape index (κ3) is 3.54. The Balaban J connectivity index is 2.06. The summed E-state index contributed by atoms with van der Waals surface area (Å²) in [4.78, 5) is 30.0. The van der Waals surface area contributed by atoms with Gasteiger partial charge in [-0.1, -0.05) is 38.1 Å². The molecular formula is C22H24N2O2. The number of aryl methyl sites for hydroxylation is 2. The van der Waals surface area contributed by atoms with Crippen LogP contribution in [0.4, 0.5) is 5.69 Å². The Morgan fingerprint density at radius 1 is 1.04 bits per heavy atom. The summed E-state index contributed by atoms with van der Waals surface area (Å²) in [6, 6.07) is 15.5. The van der Waals surface area contributed by atoms with E-state index in [0.29, 0.717) is 5.56 Å². The number of nitrogens with zero attached hydrogens (tertiary/aromatic N) is 1. The summed E-state index contributed by atoms with van der Waals surface area (Å²) in [5, 5.41) is 0.958. The zero-order valence-electron chi connectivity index (χ0n) is 15.7. The topological polar surface area (TPSA) is 53.2 Å². The predicted molar refractivity (Wildman–Crippen MR) is 107 cm³/mol. The van der Waals surface area contributed by atoms with Crippen LogP contribution in [0.1, 0.15) is 30.5 Å². The monoisotopic (exact) mass is 348 g/mol. The van der Waals surface area contributed by atoms with Crippen LogP contribution >= 0.6 is 0 Å². The average Bonchev–Trinajstić information content (AvgIpc) is 2.61. The first-order chi connectivity index (χ1) is 12.4. The molecule has 1 N–H and O–H groups in total. The van der Waals surface area contributed by atoms with Gasteiger partial charge in [-0.3, -0.25) is 9.59 Å². The Hall–Kier alpha value is -2.88. The molecule has 4 nitrogen and oxygen atoms in total. The number of fused-ring (bicyclic) bond motifs is 1. The molecule has 2 aromatic carbocycles. The molecule has 3 aromatic rings. The van der Waals surface area contributed by atoms with E-state index in [0.717, 1.165) is 22.2 Å². The maximum absolute atomic E-state index is 12.8.